The summed E-state index contributed by atoms with van der Waals surface area (Å²) in [5.41, 5.74) is 1.60. The van der Waals surface area contributed by atoms with Gasteiger partial charge >= 0.3 is 0 Å². The number of hydrogen-bond donors (Lipinski definition) is 3. The van der Waals surface area contributed by atoms with E-state index in [1.54, 1.807) is 19.1 Å². The van der Waals surface area contributed by atoms with E-state index in [9.17, 15) is 22.7 Å². The van der Waals surface area contributed by atoms with Crippen LogP contribution in [0.5, 0.6) is 0 Å². The van der Waals surface area contributed by atoms with Gasteiger partial charge in [0.1, 0.15) is 10.7 Å². The molecule has 1 amide bonds. The number of piperidine rings is 1. The van der Waals surface area contributed by atoms with Crippen LogP contribution in [-0.4, -0.2) is 47.9 Å². The molecule has 4 rings (SSSR count). The van der Waals surface area contributed by atoms with E-state index in [-0.39, 0.29) is 34.3 Å². The van der Waals surface area contributed by atoms with Crippen molar-refractivity contribution < 1.29 is 22.7 Å². The Balaban J connectivity index is 1.74. The number of aromatic nitrogens is 1. The molecule has 1 aromatic heterocycles. The van der Waals surface area contributed by atoms with Gasteiger partial charge in [-0.05, 0) is 56.2 Å². The van der Waals surface area contributed by atoms with Crippen LogP contribution in [0.4, 0.5) is 10.1 Å². The number of benzene rings is 2. The van der Waals surface area contributed by atoms with E-state index in [0.29, 0.717) is 23.7 Å². The number of aryl methyl sites for hydroxylation is 1. The van der Waals surface area contributed by atoms with Crippen LogP contribution in [0, 0.1) is 12.7 Å². The lowest BCUT2D eigenvalue weighted by atomic mass is 10.1. The monoisotopic (exact) mass is 465 g/mol. The van der Waals surface area contributed by atoms with Crippen LogP contribution in [0.25, 0.3) is 10.9 Å². The van der Waals surface area contributed by atoms with Crippen molar-refractivity contribution in [1.29, 1.82) is 0 Å². The molecule has 0 spiro atoms. The van der Waals surface area contributed by atoms with Crippen molar-refractivity contribution in [2.24, 2.45) is 0 Å². The summed E-state index contributed by atoms with van der Waals surface area (Å²) in [6, 6.07) is 8.48. The largest absolute Gasteiger partial charge is 0.393 e. The molecule has 1 aliphatic heterocycles. The van der Waals surface area contributed by atoms with Gasteiger partial charge in [-0.15, -0.1) is 0 Å². The Morgan fingerprint density at radius 3 is 2.61 bits per heavy atom. The molecule has 31 heavy (non-hydrogen) atoms. The molecule has 3 aromatic rings. The number of nitrogens with one attached hydrogen (secondary N) is 2. The highest BCUT2D eigenvalue weighted by atomic mass is 35.5. The van der Waals surface area contributed by atoms with Gasteiger partial charge in [0, 0.05) is 35.4 Å². The SMILES string of the molecule is Cc1cc2cc(C(=O)Nc3ccc(F)c(Cl)c3)cc(S(=O)(=O)N3CCC(O)CC3)c2[nH]1. The molecule has 1 saturated heterocycles. The van der Waals surface area contributed by atoms with Gasteiger partial charge < -0.3 is 15.4 Å². The fourth-order valence-electron chi connectivity index (χ4n) is 3.68. The van der Waals surface area contributed by atoms with E-state index < -0.39 is 27.9 Å². The molecule has 0 atom stereocenters. The van der Waals surface area contributed by atoms with Crippen molar-refractivity contribution in [3.8, 4) is 0 Å². The maximum atomic E-state index is 13.4. The molecule has 0 aliphatic carbocycles. The number of aliphatic hydroxyl groups excluding tert-OH is 1. The molecule has 0 bridgehead atoms. The van der Waals surface area contributed by atoms with Crippen molar-refractivity contribution in [3.63, 3.8) is 0 Å². The zero-order chi connectivity index (χ0) is 22.3. The minimum absolute atomic E-state index is 0.00298. The number of anilines is 1. The molecule has 10 heteroatoms. The Hall–Kier alpha value is -2.46. The van der Waals surface area contributed by atoms with Crippen LogP contribution in [0.2, 0.25) is 5.02 Å². The van der Waals surface area contributed by atoms with Crippen molar-refractivity contribution in [2.75, 3.05) is 18.4 Å². The van der Waals surface area contributed by atoms with Gasteiger partial charge in [0.15, 0.2) is 0 Å². The second-order valence-electron chi connectivity index (χ2n) is 7.61. The summed E-state index contributed by atoms with van der Waals surface area (Å²) < 4.78 is 41.4. The highest BCUT2D eigenvalue weighted by Crippen LogP contribution is 2.30. The molecule has 0 radical (unpaired) electrons. The Morgan fingerprint density at radius 2 is 1.94 bits per heavy atom. The summed E-state index contributed by atoms with van der Waals surface area (Å²) in [5.74, 6) is -1.15. The van der Waals surface area contributed by atoms with E-state index in [4.69, 9.17) is 11.6 Å². The first-order valence-electron chi connectivity index (χ1n) is 9.73. The Morgan fingerprint density at radius 1 is 1.23 bits per heavy atom. The molecule has 0 saturated carbocycles. The summed E-state index contributed by atoms with van der Waals surface area (Å²) in [6.07, 6.45) is 0.203. The third-order valence-electron chi connectivity index (χ3n) is 5.31. The van der Waals surface area contributed by atoms with Crippen LogP contribution < -0.4 is 5.32 Å². The lowest BCUT2D eigenvalue weighted by Crippen LogP contribution is -2.40. The molecule has 7 nitrogen and oxygen atoms in total. The number of sulfonamides is 1. The minimum atomic E-state index is -3.90. The number of H-pyrrole nitrogens is 1. The molecule has 1 aliphatic rings. The standard InChI is InChI=1S/C21H21ClFN3O4S/c1-12-8-13-9-14(21(28)25-15-2-3-18(23)17(22)11-15)10-19(20(13)24-12)31(29,30)26-6-4-16(27)5-7-26/h2-3,8-11,16,24,27H,4-7H2,1H3,(H,25,28). The predicted molar refractivity (Wildman–Crippen MR) is 116 cm³/mol. The molecule has 3 N–H and O–H groups in total. The fraction of sp³-hybridized carbons (Fsp3) is 0.286. The van der Waals surface area contributed by atoms with E-state index in [1.165, 1.54) is 22.5 Å². The Kier molecular flexibility index (Phi) is 5.78. The van der Waals surface area contributed by atoms with Gasteiger partial charge in [0.25, 0.3) is 5.91 Å². The predicted octanol–water partition coefficient (Wildman–Crippen LogP) is 3.67. The third kappa shape index (κ3) is 4.31. The second kappa shape index (κ2) is 8.23. The number of rotatable bonds is 4. The van der Waals surface area contributed by atoms with Gasteiger partial charge in [-0.2, -0.15) is 4.31 Å². The van der Waals surface area contributed by atoms with Gasteiger partial charge in [-0.3, -0.25) is 4.79 Å². The molecule has 164 valence electrons. The maximum absolute atomic E-state index is 13.4. The van der Waals surface area contributed by atoms with E-state index >= 15 is 0 Å². The summed E-state index contributed by atoms with van der Waals surface area (Å²) >= 11 is 5.77. The number of fused-ring (bicyclic) bond motifs is 1. The maximum Gasteiger partial charge on any atom is 0.255 e. The number of aromatic amines is 1. The molecule has 0 unspecified atom stereocenters. The van der Waals surface area contributed by atoms with Crippen LogP contribution in [0.15, 0.2) is 41.3 Å². The number of halogens is 2. The third-order valence-corrected chi connectivity index (χ3v) is 7.52. The Labute approximate surface area is 183 Å². The van der Waals surface area contributed by atoms with E-state index in [0.717, 1.165) is 11.8 Å². The topological polar surface area (TPSA) is 102 Å². The van der Waals surface area contributed by atoms with Gasteiger partial charge in [-0.25, -0.2) is 12.8 Å². The minimum Gasteiger partial charge on any atom is -0.393 e. The molecule has 2 heterocycles. The first kappa shape index (κ1) is 21.8. The van der Waals surface area contributed by atoms with Crippen molar-refractivity contribution >= 4 is 44.1 Å². The number of aliphatic hydroxyl groups is 1. The van der Waals surface area contributed by atoms with Crippen molar-refractivity contribution in [2.45, 2.75) is 30.8 Å². The first-order chi connectivity index (χ1) is 14.6. The second-order valence-corrected chi connectivity index (χ2v) is 9.92. The van der Waals surface area contributed by atoms with Crippen molar-refractivity contribution in [1.82, 2.24) is 9.29 Å². The highest BCUT2D eigenvalue weighted by Gasteiger charge is 2.31. The molecule has 1 fully saturated rings. The van der Waals surface area contributed by atoms with Crippen LogP contribution in [0.1, 0.15) is 28.9 Å². The quantitative estimate of drug-likeness (QED) is 0.547. The average Bonchev–Trinajstić information content (AvgIpc) is 3.10. The average molecular weight is 466 g/mol. The normalized spacial score (nSPS) is 16.0. The van der Waals surface area contributed by atoms with Crippen LogP contribution in [0.3, 0.4) is 0 Å². The van der Waals surface area contributed by atoms with E-state index in [1.807, 2.05) is 0 Å². The Bertz CT molecular complexity index is 1270. The fourth-order valence-corrected chi connectivity index (χ4v) is 5.54. The summed E-state index contributed by atoms with van der Waals surface area (Å²) in [4.78, 5) is 15.9. The van der Waals surface area contributed by atoms with Gasteiger partial charge in [0.2, 0.25) is 10.0 Å². The zero-order valence-corrected chi connectivity index (χ0v) is 18.2. The number of nitrogens with zero attached hydrogens (tertiary/aromatic N) is 1. The number of amides is 1. The highest BCUT2D eigenvalue weighted by molar-refractivity contribution is 7.89. The summed E-state index contributed by atoms with van der Waals surface area (Å²) in [6.45, 7) is 2.21. The molecular formula is C21H21ClFN3O4S. The zero-order valence-electron chi connectivity index (χ0n) is 16.7. The summed E-state index contributed by atoms with van der Waals surface area (Å²) in [7, 11) is -3.90. The van der Waals surface area contributed by atoms with Gasteiger partial charge in [-0.1, -0.05) is 11.6 Å². The van der Waals surface area contributed by atoms with Crippen LogP contribution >= 0.6 is 11.6 Å². The number of hydrogen-bond acceptors (Lipinski definition) is 4. The number of carbonyl (C=O) groups excluding carboxylic acids is 1. The number of carbonyl (C=O) groups is 1. The lowest BCUT2D eigenvalue weighted by Gasteiger charge is -2.29. The molecule has 2 aromatic carbocycles. The first-order valence-corrected chi connectivity index (χ1v) is 11.5. The smallest absolute Gasteiger partial charge is 0.255 e. The van der Waals surface area contributed by atoms with Crippen LogP contribution in [-0.2, 0) is 10.0 Å². The van der Waals surface area contributed by atoms with Crippen molar-refractivity contribution in [3.05, 3.63) is 58.5 Å². The summed E-state index contributed by atoms with van der Waals surface area (Å²) in [5, 5.41) is 12.8. The lowest BCUT2D eigenvalue weighted by molar-refractivity contribution is 0.102. The van der Waals surface area contributed by atoms with E-state index in [2.05, 4.69) is 10.3 Å². The van der Waals surface area contributed by atoms with Gasteiger partial charge in [0.05, 0.1) is 16.6 Å². The molecular weight excluding hydrogens is 445 g/mol.